The number of hydrogen-bond acceptors (Lipinski definition) is 6. The fraction of sp³-hybridized carbons (Fsp3) is 0.238. The lowest BCUT2D eigenvalue weighted by molar-refractivity contribution is 0.0821. The van der Waals surface area contributed by atoms with Crippen molar-refractivity contribution in [2.75, 3.05) is 13.7 Å². The van der Waals surface area contributed by atoms with E-state index in [1.54, 1.807) is 18.9 Å². The van der Waals surface area contributed by atoms with Crippen molar-refractivity contribution in [3.05, 3.63) is 71.0 Å². The van der Waals surface area contributed by atoms with Gasteiger partial charge >= 0.3 is 0 Å². The highest BCUT2D eigenvalue weighted by atomic mass is 79.9. The quantitative estimate of drug-likeness (QED) is 0.353. The topological polar surface area (TPSA) is 58.4 Å². The zero-order chi connectivity index (χ0) is 20.2. The van der Waals surface area contributed by atoms with Crippen molar-refractivity contribution >= 4 is 27.7 Å². The fourth-order valence-electron chi connectivity index (χ4n) is 3.09. The van der Waals surface area contributed by atoms with Crippen LogP contribution in [0.15, 0.2) is 64.7 Å². The summed E-state index contributed by atoms with van der Waals surface area (Å²) in [5.74, 6) is 3.72. The van der Waals surface area contributed by atoms with Crippen LogP contribution in [-0.4, -0.2) is 28.5 Å². The first-order valence-electron chi connectivity index (χ1n) is 9.07. The van der Waals surface area contributed by atoms with E-state index in [-0.39, 0.29) is 6.10 Å². The Bertz CT molecular complexity index is 1020. The lowest BCUT2D eigenvalue weighted by Crippen LogP contribution is -2.25. The summed E-state index contributed by atoms with van der Waals surface area (Å²) in [6.07, 6.45) is 1.50. The number of allylic oxidation sites excluding steroid dienone is 1. The summed E-state index contributed by atoms with van der Waals surface area (Å²) in [7, 11) is 1.67. The van der Waals surface area contributed by atoms with Crippen molar-refractivity contribution in [3.8, 4) is 17.2 Å². The van der Waals surface area contributed by atoms with Crippen LogP contribution in [0.1, 0.15) is 17.5 Å². The van der Waals surface area contributed by atoms with E-state index in [2.05, 4.69) is 38.8 Å². The smallest absolute Gasteiger partial charge is 0.192 e. The predicted octanol–water partition coefficient (Wildman–Crippen LogP) is 5.04. The average Bonchev–Trinajstić information content (AvgIpc) is 3.15. The number of aromatic nitrogens is 3. The Kier molecular flexibility index (Phi) is 6.10. The zero-order valence-corrected chi connectivity index (χ0v) is 18.3. The Balaban J connectivity index is 1.56. The number of fused-ring (bicyclic) bond motifs is 1. The summed E-state index contributed by atoms with van der Waals surface area (Å²) in [5, 5.41) is 9.60. The molecule has 0 saturated carbocycles. The van der Waals surface area contributed by atoms with E-state index < -0.39 is 0 Å². The largest absolute Gasteiger partial charge is 0.496 e. The Hall–Kier alpha value is -2.45. The third-order valence-electron chi connectivity index (χ3n) is 4.45. The van der Waals surface area contributed by atoms with Crippen LogP contribution in [0.5, 0.6) is 17.2 Å². The Morgan fingerprint density at radius 3 is 2.90 bits per heavy atom. The number of rotatable bonds is 7. The first-order valence-corrected chi connectivity index (χ1v) is 10.8. The minimum atomic E-state index is -0.327. The molecule has 6 nitrogen and oxygen atoms in total. The Morgan fingerprint density at radius 2 is 2.10 bits per heavy atom. The summed E-state index contributed by atoms with van der Waals surface area (Å²) < 4.78 is 20.5. The molecule has 1 aliphatic rings. The zero-order valence-electron chi connectivity index (χ0n) is 15.9. The van der Waals surface area contributed by atoms with Crippen molar-refractivity contribution in [2.45, 2.75) is 23.6 Å². The molecule has 2 heterocycles. The van der Waals surface area contributed by atoms with Gasteiger partial charge in [0, 0.05) is 22.3 Å². The van der Waals surface area contributed by atoms with Gasteiger partial charge in [-0.3, -0.25) is 4.57 Å². The molecule has 0 amide bonds. The van der Waals surface area contributed by atoms with Crippen LogP contribution >= 0.6 is 27.7 Å². The van der Waals surface area contributed by atoms with Gasteiger partial charge in [-0.15, -0.1) is 16.8 Å². The third kappa shape index (κ3) is 4.28. The number of halogens is 1. The molecule has 150 valence electrons. The Labute approximate surface area is 182 Å². The van der Waals surface area contributed by atoms with Crippen molar-refractivity contribution in [2.24, 2.45) is 0 Å². The van der Waals surface area contributed by atoms with Crippen LogP contribution in [-0.2, 0) is 12.3 Å². The van der Waals surface area contributed by atoms with Crippen molar-refractivity contribution in [3.63, 3.8) is 0 Å². The summed E-state index contributed by atoms with van der Waals surface area (Å²) in [5.41, 5.74) is 1.08. The highest BCUT2D eigenvalue weighted by Crippen LogP contribution is 2.36. The van der Waals surface area contributed by atoms with Crippen molar-refractivity contribution < 1.29 is 14.2 Å². The van der Waals surface area contributed by atoms with Gasteiger partial charge in [0.15, 0.2) is 28.6 Å². The molecule has 0 spiro atoms. The second-order valence-electron chi connectivity index (χ2n) is 6.35. The monoisotopic (exact) mass is 473 g/mol. The maximum absolute atomic E-state index is 6.12. The number of nitrogens with zero attached hydrogens (tertiary/aromatic N) is 3. The first kappa shape index (κ1) is 19.8. The lowest BCUT2D eigenvalue weighted by Gasteiger charge is -2.26. The SMILES string of the molecule is C=CCn1c(SCc2cc(Br)ccc2OC)nnc1C1COc2ccccc2O1. The van der Waals surface area contributed by atoms with E-state index in [0.717, 1.165) is 32.5 Å². The molecule has 29 heavy (non-hydrogen) atoms. The summed E-state index contributed by atoms with van der Waals surface area (Å²) in [6.45, 7) is 4.84. The van der Waals surface area contributed by atoms with Gasteiger partial charge in [0.2, 0.25) is 0 Å². The van der Waals surface area contributed by atoms with E-state index in [9.17, 15) is 0 Å². The number of hydrogen-bond donors (Lipinski definition) is 0. The molecule has 3 aromatic rings. The number of methoxy groups -OCH3 is 1. The van der Waals surface area contributed by atoms with Gasteiger partial charge in [0.1, 0.15) is 12.4 Å². The van der Waals surface area contributed by atoms with E-state index in [0.29, 0.717) is 24.7 Å². The van der Waals surface area contributed by atoms with Crippen molar-refractivity contribution in [1.82, 2.24) is 14.8 Å². The van der Waals surface area contributed by atoms with E-state index in [1.807, 2.05) is 47.0 Å². The Morgan fingerprint density at radius 1 is 1.28 bits per heavy atom. The molecule has 0 radical (unpaired) electrons. The standard InChI is InChI=1S/C21H20BrN3O3S/c1-3-10-25-20(19-12-27-17-6-4-5-7-18(17)28-19)23-24-21(25)29-13-14-11-15(22)8-9-16(14)26-2/h3-9,11,19H,1,10,12-13H2,2H3. The third-order valence-corrected chi connectivity index (χ3v) is 5.96. The summed E-state index contributed by atoms with van der Waals surface area (Å²) in [6, 6.07) is 13.6. The van der Waals surface area contributed by atoms with Gasteiger partial charge in [-0.2, -0.15) is 0 Å². The fourth-order valence-corrected chi connectivity index (χ4v) is 4.44. The van der Waals surface area contributed by atoms with Crippen LogP contribution in [0.4, 0.5) is 0 Å². The molecule has 1 atom stereocenters. The highest BCUT2D eigenvalue weighted by Gasteiger charge is 2.28. The molecule has 0 saturated heterocycles. The lowest BCUT2D eigenvalue weighted by atomic mass is 10.2. The minimum absolute atomic E-state index is 0.327. The molecule has 2 aromatic carbocycles. The van der Waals surface area contributed by atoms with Crippen LogP contribution in [0.25, 0.3) is 0 Å². The van der Waals surface area contributed by atoms with Gasteiger partial charge in [-0.1, -0.05) is 45.9 Å². The normalized spacial score (nSPS) is 15.2. The van der Waals surface area contributed by atoms with Crippen LogP contribution in [0.3, 0.4) is 0 Å². The molecule has 1 unspecified atom stereocenters. The van der Waals surface area contributed by atoms with Crippen LogP contribution in [0.2, 0.25) is 0 Å². The molecule has 0 bridgehead atoms. The van der Waals surface area contributed by atoms with Gasteiger partial charge < -0.3 is 14.2 Å². The second-order valence-corrected chi connectivity index (χ2v) is 8.21. The number of thioether (sulfide) groups is 1. The molecular weight excluding hydrogens is 454 g/mol. The number of ether oxygens (including phenoxy) is 3. The molecule has 1 aliphatic heterocycles. The number of benzene rings is 2. The van der Waals surface area contributed by atoms with E-state index >= 15 is 0 Å². The maximum atomic E-state index is 6.12. The van der Waals surface area contributed by atoms with E-state index in [4.69, 9.17) is 14.2 Å². The molecule has 4 rings (SSSR count). The van der Waals surface area contributed by atoms with E-state index in [1.165, 1.54) is 0 Å². The molecule has 0 N–H and O–H groups in total. The molecule has 8 heteroatoms. The predicted molar refractivity (Wildman–Crippen MR) is 116 cm³/mol. The van der Waals surface area contributed by atoms with Gasteiger partial charge in [-0.25, -0.2) is 0 Å². The van der Waals surface area contributed by atoms with Gasteiger partial charge in [0.05, 0.1) is 7.11 Å². The maximum Gasteiger partial charge on any atom is 0.192 e. The van der Waals surface area contributed by atoms with Crippen molar-refractivity contribution in [1.29, 1.82) is 0 Å². The average molecular weight is 474 g/mol. The second kappa shape index (κ2) is 8.92. The molecule has 0 fully saturated rings. The molecule has 1 aromatic heterocycles. The number of para-hydroxylation sites is 2. The summed E-state index contributed by atoms with van der Waals surface area (Å²) >= 11 is 5.11. The van der Waals surface area contributed by atoms with Gasteiger partial charge in [0.25, 0.3) is 0 Å². The van der Waals surface area contributed by atoms with Crippen LogP contribution < -0.4 is 14.2 Å². The first-order chi connectivity index (χ1) is 14.2. The van der Waals surface area contributed by atoms with Gasteiger partial charge in [-0.05, 0) is 30.3 Å². The molecular formula is C21H20BrN3O3S. The summed E-state index contributed by atoms with van der Waals surface area (Å²) in [4.78, 5) is 0. The highest BCUT2D eigenvalue weighted by molar-refractivity contribution is 9.10. The van der Waals surface area contributed by atoms with Crippen LogP contribution in [0, 0.1) is 0 Å². The minimum Gasteiger partial charge on any atom is -0.496 e. The molecule has 0 aliphatic carbocycles.